The lowest BCUT2D eigenvalue weighted by molar-refractivity contribution is 0.141. The maximum absolute atomic E-state index is 14.3. The summed E-state index contributed by atoms with van der Waals surface area (Å²) in [6.45, 7) is 0. The molecule has 28 heavy (non-hydrogen) atoms. The van der Waals surface area contributed by atoms with Crippen LogP contribution in [0.3, 0.4) is 0 Å². The lowest BCUT2D eigenvalue weighted by atomic mass is 10.0. The van der Waals surface area contributed by atoms with Crippen molar-refractivity contribution in [1.82, 2.24) is 9.97 Å². The minimum absolute atomic E-state index is 0.00870. The van der Waals surface area contributed by atoms with E-state index < -0.39 is 38.6 Å². The molecule has 0 aliphatic heterocycles. The van der Waals surface area contributed by atoms with Crippen LogP contribution in [0.5, 0.6) is 0 Å². The van der Waals surface area contributed by atoms with Crippen molar-refractivity contribution in [2.75, 3.05) is 6.26 Å². The first-order valence-corrected chi connectivity index (χ1v) is 10.2. The fourth-order valence-electron chi connectivity index (χ4n) is 2.66. The molecule has 1 aromatic heterocycles. The number of imidazole rings is 1. The van der Waals surface area contributed by atoms with Gasteiger partial charge in [-0.2, -0.15) is 0 Å². The van der Waals surface area contributed by atoms with E-state index in [2.05, 4.69) is 9.97 Å². The number of sulfone groups is 1. The Bertz CT molecular complexity index is 1140. The van der Waals surface area contributed by atoms with E-state index in [1.807, 2.05) is 0 Å². The van der Waals surface area contributed by atoms with Crippen molar-refractivity contribution in [3.05, 3.63) is 57.8 Å². The number of hydrogen-bond acceptors (Lipinski definition) is 3. The second-order valence-electron chi connectivity index (χ2n) is 5.85. The molecule has 4 nitrogen and oxygen atoms in total. The largest absolute Gasteiger partial charge is 0.337 e. The van der Waals surface area contributed by atoms with Crippen molar-refractivity contribution >= 4 is 33.0 Å². The lowest BCUT2D eigenvalue weighted by Crippen LogP contribution is -2.05. The molecule has 2 aromatic carbocycles. The third-order valence-electron chi connectivity index (χ3n) is 3.72. The number of aromatic amines is 1. The second-order valence-corrected chi connectivity index (χ2v) is 8.67. The summed E-state index contributed by atoms with van der Waals surface area (Å²) in [4.78, 5) is 4.99. The van der Waals surface area contributed by atoms with Crippen molar-refractivity contribution in [3.63, 3.8) is 0 Å². The van der Waals surface area contributed by atoms with Gasteiger partial charge in [0.1, 0.15) is 16.5 Å². The van der Waals surface area contributed by atoms with Gasteiger partial charge in [-0.15, -0.1) is 0 Å². The standard InChI is InChI=1S/C17H10Cl2F4N2O2S/c1-28(26,27)15-11(20)4-8(5-12(15)21)14-13(24-17(25-14)16(22)23)7-2-9(18)6-10(19)3-7/h2-6,16H,1H3,(H,24,25). The molecule has 1 heterocycles. The lowest BCUT2D eigenvalue weighted by Gasteiger charge is -2.08. The first-order valence-electron chi connectivity index (χ1n) is 7.51. The number of benzene rings is 2. The number of halogens is 6. The molecule has 0 atom stereocenters. The fraction of sp³-hybridized carbons (Fsp3) is 0.118. The van der Waals surface area contributed by atoms with E-state index >= 15 is 0 Å². The fourth-order valence-corrected chi connectivity index (χ4v) is 4.01. The summed E-state index contributed by atoms with van der Waals surface area (Å²) < 4.78 is 78.0. The summed E-state index contributed by atoms with van der Waals surface area (Å²) in [5.74, 6) is -3.47. The number of rotatable bonds is 4. The van der Waals surface area contributed by atoms with Crippen LogP contribution in [0.25, 0.3) is 22.5 Å². The predicted octanol–water partition coefficient (Wildman–Crippen LogP) is 5.67. The first-order chi connectivity index (χ1) is 13.0. The molecule has 11 heteroatoms. The van der Waals surface area contributed by atoms with Gasteiger partial charge in [-0.3, -0.25) is 0 Å². The molecule has 3 rings (SSSR count). The third-order valence-corrected chi connectivity index (χ3v) is 5.29. The van der Waals surface area contributed by atoms with Crippen LogP contribution in [-0.4, -0.2) is 24.6 Å². The number of hydrogen-bond donors (Lipinski definition) is 1. The van der Waals surface area contributed by atoms with Crippen LogP contribution in [0.15, 0.2) is 35.2 Å². The van der Waals surface area contributed by atoms with Gasteiger partial charge in [-0.25, -0.2) is 31.0 Å². The van der Waals surface area contributed by atoms with Crippen LogP contribution in [0.1, 0.15) is 12.2 Å². The Hall–Kier alpha value is -2.10. The molecule has 0 radical (unpaired) electrons. The SMILES string of the molecule is CS(=O)(=O)c1c(F)cc(-c2nc(C(F)F)[nH]c2-c2cc(Cl)cc(Cl)c2)cc1F. The molecule has 0 amide bonds. The monoisotopic (exact) mass is 452 g/mol. The van der Waals surface area contributed by atoms with Gasteiger partial charge in [-0.1, -0.05) is 23.2 Å². The highest BCUT2D eigenvalue weighted by Gasteiger charge is 2.25. The van der Waals surface area contributed by atoms with E-state index in [1.165, 1.54) is 18.2 Å². The highest BCUT2D eigenvalue weighted by molar-refractivity contribution is 7.90. The topological polar surface area (TPSA) is 62.8 Å². The zero-order valence-electron chi connectivity index (χ0n) is 13.9. The maximum Gasteiger partial charge on any atom is 0.295 e. The highest BCUT2D eigenvalue weighted by Crippen LogP contribution is 2.36. The summed E-state index contributed by atoms with van der Waals surface area (Å²) in [7, 11) is -4.18. The van der Waals surface area contributed by atoms with Crippen molar-refractivity contribution < 1.29 is 26.0 Å². The van der Waals surface area contributed by atoms with Gasteiger partial charge < -0.3 is 4.98 Å². The summed E-state index contributed by atoms with van der Waals surface area (Å²) in [5.41, 5.74) is -0.214. The Kier molecular flexibility index (Phi) is 5.44. The van der Waals surface area contributed by atoms with Crippen molar-refractivity contribution in [3.8, 4) is 22.5 Å². The molecule has 0 aliphatic carbocycles. The summed E-state index contributed by atoms with van der Waals surface area (Å²) >= 11 is 11.9. The molecule has 1 N–H and O–H groups in total. The van der Waals surface area contributed by atoms with E-state index in [1.54, 1.807) is 0 Å². The van der Waals surface area contributed by atoms with Crippen LogP contribution in [-0.2, 0) is 9.84 Å². The summed E-state index contributed by atoms with van der Waals surface area (Å²) in [5, 5.41) is 0.401. The van der Waals surface area contributed by atoms with Crippen molar-refractivity contribution in [1.29, 1.82) is 0 Å². The number of aromatic nitrogens is 2. The number of alkyl halides is 2. The van der Waals surface area contributed by atoms with E-state index in [-0.39, 0.29) is 32.6 Å². The van der Waals surface area contributed by atoms with Gasteiger partial charge >= 0.3 is 0 Å². The molecule has 0 saturated heterocycles. The quantitative estimate of drug-likeness (QED) is 0.518. The number of H-pyrrole nitrogens is 1. The first kappa shape index (κ1) is 20.6. The van der Waals surface area contributed by atoms with Gasteiger partial charge in [0.2, 0.25) is 0 Å². The average molecular weight is 453 g/mol. The molecule has 0 unspecified atom stereocenters. The minimum Gasteiger partial charge on any atom is -0.337 e. The van der Waals surface area contributed by atoms with Crippen molar-refractivity contribution in [2.45, 2.75) is 11.3 Å². The molecule has 0 bridgehead atoms. The molecular weight excluding hydrogens is 443 g/mol. The number of nitrogens with one attached hydrogen (secondary N) is 1. The molecule has 0 saturated carbocycles. The van der Waals surface area contributed by atoms with Crippen LogP contribution in [0, 0.1) is 11.6 Å². The highest BCUT2D eigenvalue weighted by atomic mass is 35.5. The zero-order chi connectivity index (χ0) is 20.8. The molecular formula is C17H10Cl2F4N2O2S. The molecule has 148 valence electrons. The van der Waals surface area contributed by atoms with Gasteiger partial charge in [-0.05, 0) is 30.3 Å². The van der Waals surface area contributed by atoms with Crippen LogP contribution < -0.4 is 0 Å². The van der Waals surface area contributed by atoms with E-state index in [0.717, 1.165) is 0 Å². The van der Waals surface area contributed by atoms with E-state index in [4.69, 9.17) is 23.2 Å². The van der Waals surface area contributed by atoms with Crippen molar-refractivity contribution in [2.24, 2.45) is 0 Å². The summed E-state index contributed by atoms with van der Waals surface area (Å²) in [6, 6.07) is 5.63. The van der Waals surface area contributed by atoms with Gasteiger partial charge in [0.25, 0.3) is 6.43 Å². The molecule has 0 aliphatic rings. The third kappa shape index (κ3) is 4.01. The second kappa shape index (κ2) is 7.38. The van der Waals surface area contributed by atoms with Gasteiger partial charge in [0.05, 0.1) is 11.4 Å². The van der Waals surface area contributed by atoms with E-state index in [9.17, 15) is 26.0 Å². The Labute approximate surface area is 167 Å². The predicted molar refractivity (Wildman–Crippen MR) is 97.5 cm³/mol. The normalized spacial score (nSPS) is 12.0. The maximum atomic E-state index is 14.3. The molecule has 0 spiro atoms. The van der Waals surface area contributed by atoms with Gasteiger partial charge in [0, 0.05) is 27.4 Å². The molecule has 0 fully saturated rings. The smallest absolute Gasteiger partial charge is 0.295 e. The van der Waals surface area contributed by atoms with E-state index in [0.29, 0.717) is 18.4 Å². The zero-order valence-corrected chi connectivity index (χ0v) is 16.2. The van der Waals surface area contributed by atoms with Crippen LogP contribution in [0.4, 0.5) is 17.6 Å². The Morgan fingerprint density at radius 1 is 0.964 bits per heavy atom. The van der Waals surface area contributed by atoms with Crippen LogP contribution >= 0.6 is 23.2 Å². The Morgan fingerprint density at radius 2 is 1.50 bits per heavy atom. The Morgan fingerprint density at radius 3 is 1.96 bits per heavy atom. The molecule has 3 aromatic rings. The van der Waals surface area contributed by atoms with Gasteiger partial charge in [0.15, 0.2) is 15.7 Å². The summed E-state index contributed by atoms with van der Waals surface area (Å²) in [6.07, 6.45) is -2.34. The number of nitrogens with zero attached hydrogens (tertiary/aromatic N) is 1. The average Bonchev–Trinajstić information content (AvgIpc) is 2.97. The Balaban J connectivity index is 2.28. The van der Waals surface area contributed by atoms with Crippen LogP contribution in [0.2, 0.25) is 10.0 Å². The minimum atomic E-state index is -4.18.